The largest absolute Gasteiger partial charge is 0.351 e. The van der Waals surface area contributed by atoms with Gasteiger partial charge in [-0.05, 0) is 31.2 Å². The fourth-order valence-electron chi connectivity index (χ4n) is 3.56. The number of aromatic amines is 1. The van der Waals surface area contributed by atoms with Gasteiger partial charge in [-0.1, -0.05) is 43.2 Å². The molecule has 0 bridgehead atoms. The number of rotatable bonds is 5. The Balaban J connectivity index is 1.73. The summed E-state index contributed by atoms with van der Waals surface area (Å²) in [6.45, 7) is 2.23. The topological polar surface area (TPSA) is 74.8 Å². The second kappa shape index (κ2) is 7.43. The molecule has 1 heterocycles. The highest BCUT2D eigenvalue weighted by molar-refractivity contribution is 5.93. The van der Waals surface area contributed by atoms with Crippen molar-refractivity contribution in [2.24, 2.45) is 5.92 Å². The maximum absolute atomic E-state index is 12.4. The number of amides is 1. The lowest BCUT2D eigenvalue weighted by Gasteiger charge is -2.24. The molecule has 3 rings (SSSR count). The number of carbonyl (C=O) groups excluding carboxylic acids is 1. The molecule has 1 saturated carbocycles. The van der Waals surface area contributed by atoms with E-state index in [9.17, 15) is 9.59 Å². The number of hydrogen-bond acceptors (Lipinski definition) is 3. The highest BCUT2D eigenvalue weighted by atomic mass is 16.2. The lowest BCUT2D eigenvalue weighted by atomic mass is 9.85. The van der Waals surface area contributed by atoms with Crippen LogP contribution in [0.3, 0.4) is 0 Å². The lowest BCUT2D eigenvalue weighted by Crippen LogP contribution is -2.34. The summed E-state index contributed by atoms with van der Waals surface area (Å²) < 4.78 is 0. The summed E-state index contributed by atoms with van der Waals surface area (Å²) in [5, 5.41) is 2.94. The van der Waals surface area contributed by atoms with E-state index in [2.05, 4.69) is 27.4 Å². The standard InChI is InChI=1S/C19H23N3O2/c1-13-20-12-17(19(24)22-13)18(23)21-11-16(15-9-5-6-10-15)14-7-3-2-4-8-14/h2-4,7-8,12,15-16H,5-6,9-11H2,1H3,(H,21,23)(H,20,22,24)/t16-/m1/s1. The van der Waals surface area contributed by atoms with Crippen LogP contribution in [-0.2, 0) is 0 Å². The van der Waals surface area contributed by atoms with Gasteiger partial charge in [-0.25, -0.2) is 4.98 Å². The fraction of sp³-hybridized carbons (Fsp3) is 0.421. The first-order valence-corrected chi connectivity index (χ1v) is 8.54. The zero-order valence-electron chi connectivity index (χ0n) is 13.9. The zero-order chi connectivity index (χ0) is 16.9. The Hall–Kier alpha value is -2.43. The van der Waals surface area contributed by atoms with Crippen molar-refractivity contribution >= 4 is 5.91 Å². The normalized spacial score (nSPS) is 16.0. The smallest absolute Gasteiger partial charge is 0.263 e. The molecule has 2 N–H and O–H groups in total. The van der Waals surface area contributed by atoms with Crippen molar-refractivity contribution in [3.05, 3.63) is 63.8 Å². The number of nitrogens with zero attached hydrogens (tertiary/aromatic N) is 1. The van der Waals surface area contributed by atoms with Crippen LogP contribution < -0.4 is 10.9 Å². The van der Waals surface area contributed by atoms with Crippen LogP contribution in [0, 0.1) is 12.8 Å². The number of nitrogens with one attached hydrogen (secondary N) is 2. The molecule has 2 aromatic rings. The van der Waals surface area contributed by atoms with Crippen LogP contribution in [0.15, 0.2) is 41.3 Å². The van der Waals surface area contributed by atoms with E-state index in [1.807, 2.05) is 18.2 Å². The Bertz CT molecular complexity index is 749. The lowest BCUT2D eigenvalue weighted by molar-refractivity contribution is 0.0946. The molecule has 1 fully saturated rings. The van der Waals surface area contributed by atoms with Crippen LogP contribution in [0.5, 0.6) is 0 Å². The van der Waals surface area contributed by atoms with Gasteiger partial charge >= 0.3 is 0 Å². The molecule has 1 aliphatic rings. The molecule has 0 unspecified atom stereocenters. The van der Waals surface area contributed by atoms with Crippen LogP contribution >= 0.6 is 0 Å². The molecule has 24 heavy (non-hydrogen) atoms. The van der Waals surface area contributed by atoms with Crippen molar-refractivity contribution in [1.29, 1.82) is 0 Å². The third-order valence-corrected chi connectivity index (χ3v) is 4.85. The van der Waals surface area contributed by atoms with Crippen molar-refractivity contribution in [3.63, 3.8) is 0 Å². The summed E-state index contributed by atoms with van der Waals surface area (Å²) >= 11 is 0. The summed E-state index contributed by atoms with van der Waals surface area (Å²) in [7, 11) is 0. The number of H-pyrrole nitrogens is 1. The summed E-state index contributed by atoms with van der Waals surface area (Å²) in [5.41, 5.74) is 0.927. The van der Waals surface area contributed by atoms with E-state index in [0.29, 0.717) is 18.3 Å². The third kappa shape index (κ3) is 3.72. The molecular formula is C19H23N3O2. The van der Waals surface area contributed by atoms with E-state index in [1.54, 1.807) is 6.92 Å². The Kier molecular flexibility index (Phi) is 5.08. The average Bonchev–Trinajstić information content (AvgIpc) is 3.10. The van der Waals surface area contributed by atoms with Crippen LogP contribution in [0.4, 0.5) is 0 Å². The molecule has 5 nitrogen and oxygen atoms in total. The van der Waals surface area contributed by atoms with Crippen LogP contribution in [-0.4, -0.2) is 22.4 Å². The van der Waals surface area contributed by atoms with Gasteiger partial charge in [0.15, 0.2) is 0 Å². The van der Waals surface area contributed by atoms with Crippen LogP contribution in [0.2, 0.25) is 0 Å². The van der Waals surface area contributed by atoms with Gasteiger partial charge in [0, 0.05) is 18.7 Å². The molecule has 1 aromatic carbocycles. The minimum absolute atomic E-state index is 0.0684. The number of aryl methyl sites for hydroxylation is 1. The van der Waals surface area contributed by atoms with Gasteiger partial charge in [-0.3, -0.25) is 9.59 Å². The van der Waals surface area contributed by atoms with E-state index in [1.165, 1.54) is 37.4 Å². The van der Waals surface area contributed by atoms with Crippen molar-refractivity contribution in [3.8, 4) is 0 Å². The average molecular weight is 325 g/mol. The monoisotopic (exact) mass is 325 g/mol. The van der Waals surface area contributed by atoms with Gasteiger partial charge in [0.25, 0.3) is 11.5 Å². The molecular weight excluding hydrogens is 302 g/mol. The van der Waals surface area contributed by atoms with Crippen molar-refractivity contribution in [2.75, 3.05) is 6.54 Å². The molecule has 0 saturated heterocycles. The third-order valence-electron chi connectivity index (χ3n) is 4.85. The highest BCUT2D eigenvalue weighted by Gasteiger charge is 2.27. The van der Waals surface area contributed by atoms with Gasteiger partial charge in [0.05, 0.1) is 0 Å². The van der Waals surface area contributed by atoms with E-state index in [-0.39, 0.29) is 17.4 Å². The number of carbonyl (C=O) groups is 1. The van der Waals surface area contributed by atoms with Crippen LogP contribution in [0.1, 0.15) is 53.3 Å². The predicted molar refractivity (Wildman–Crippen MR) is 93.1 cm³/mol. The minimum Gasteiger partial charge on any atom is -0.351 e. The Labute approximate surface area is 141 Å². The first-order valence-electron chi connectivity index (χ1n) is 8.54. The molecule has 0 radical (unpaired) electrons. The summed E-state index contributed by atoms with van der Waals surface area (Å²) in [6, 6.07) is 10.3. The Morgan fingerprint density at radius 1 is 1.29 bits per heavy atom. The number of hydrogen-bond donors (Lipinski definition) is 2. The molecule has 1 aromatic heterocycles. The van der Waals surface area contributed by atoms with Gasteiger partial charge in [-0.2, -0.15) is 0 Å². The second-order valence-corrected chi connectivity index (χ2v) is 6.48. The summed E-state index contributed by atoms with van der Waals surface area (Å²) in [5.74, 6) is 1.02. The molecule has 0 spiro atoms. The molecule has 1 aliphatic carbocycles. The van der Waals surface area contributed by atoms with Gasteiger partial charge < -0.3 is 10.3 Å². The van der Waals surface area contributed by atoms with Crippen molar-refractivity contribution in [2.45, 2.75) is 38.5 Å². The summed E-state index contributed by atoms with van der Waals surface area (Å²) in [4.78, 5) is 30.8. The fourth-order valence-corrected chi connectivity index (χ4v) is 3.56. The molecule has 5 heteroatoms. The first-order chi connectivity index (χ1) is 11.6. The second-order valence-electron chi connectivity index (χ2n) is 6.48. The van der Waals surface area contributed by atoms with Gasteiger partial charge in [0.2, 0.25) is 0 Å². The Morgan fingerprint density at radius 3 is 2.67 bits per heavy atom. The maximum Gasteiger partial charge on any atom is 0.263 e. The number of aromatic nitrogens is 2. The van der Waals surface area contributed by atoms with Gasteiger partial charge in [0.1, 0.15) is 11.4 Å². The van der Waals surface area contributed by atoms with E-state index in [0.717, 1.165) is 0 Å². The SMILES string of the molecule is Cc1ncc(C(=O)NC[C@H](c2ccccc2)C2CCCC2)c(=O)[nH]1. The van der Waals surface area contributed by atoms with Crippen molar-refractivity contribution < 1.29 is 4.79 Å². The minimum atomic E-state index is -0.392. The molecule has 1 amide bonds. The zero-order valence-corrected chi connectivity index (χ0v) is 13.9. The van der Waals surface area contributed by atoms with Crippen molar-refractivity contribution in [1.82, 2.24) is 15.3 Å². The first kappa shape index (κ1) is 16.4. The maximum atomic E-state index is 12.4. The van der Waals surface area contributed by atoms with E-state index in [4.69, 9.17) is 0 Å². The summed E-state index contributed by atoms with van der Waals surface area (Å²) in [6.07, 6.45) is 6.24. The molecule has 0 aliphatic heterocycles. The number of benzene rings is 1. The van der Waals surface area contributed by atoms with Gasteiger partial charge in [-0.15, -0.1) is 0 Å². The molecule has 1 atom stereocenters. The quantitative estimate of drug-likeness (QED) is 0.887. The highest BCUT2D eigenvalue weighted by Crippen LogP contribution is 2.36. The van der Waals surface area contributed by atoms with Crippen LogP contribution in [0.25, 0.3) is 0 Å². The molecule has 126 valence electrons. The predicted octanol–water partition coefficient (Wildman–Crippen LogP) is 2.78. The van der Waals surface area contributed by atoms with E-state index < -0.39 is 5.56 Å². The van der Waals surface area contributed by atoms with E-state index >= 15 is 0 Å². The Morgan fingerprint density at radius 2 is 2.00 bits per heavy atom.